The molecule has 2 rings (SSSR count). The summed E-state index contributed by atoms with van der Waals surface area (Å²) in [6.45, 7) is 2.43. The predicted octanol–water partition coefficient (Wildman–Crippen LogP) is 1.94. The highest BCUT2D eigenvalue weighted by Crippen LogP contribution is 2.24. The predicted molar refractivity (Wildman–Crippen MR) is 55.0 cm³/mol. The van der Waals surface area contributed by atoms with Gasteiger partial charge in [0.05, 0.1) is 17.2 Å². The van der Waals surface area contributed by atoms with Crippen LogP contribution in [-0.2, 0) is 19.5 Å². The molecule has 0 radical (unpaired) electrons. The number of aromatic nitrogens is 1. The zero-order chi connectivity index (χ0) is 9.97. The molecule has 1 aromatic rings. The number of nitrogens with zero attached hydrogens (tertiary/aromatic N) is 5. The van der Waals surface area contributed by atoms with Crippen molar-refractivity contribution in [2.45, 2.75) is 19.5 Å². The lowest BCUT2D eigenvalue weighted by Crippen LogP contribution is -2.25. The summed E-state index contributed by atoms with van der Waals surface area (Å²) in [6.07, 6.45) is 1.01. The van der Waals surface area contributed by atoms with Crippen molar-refractivity contribution in [2.24, 2.45) is 5.11 Å². The van der Waals surface area contributed by atoms with Gasteiger partial charge in [0.2, 0.25) is 0 Å². The molecule has 2 heterocycles. The van der Waals surface area contributed by atoms with Crippen molar-refractivity contribution in [2.75, 3.05) is 13.6 Å². The molecule has 1 aromatic heterocycles. The summed E-state index contributed by atoms with van der Waals surface area (Å²) in [4.78, 5) is 10.8. The van der Waals surface area contributed by atoms with Crippen LogP contribution >= 0.6 is 11.3 Å². The summed E-state index contributed by atoms with van der Waals surface area (Å²) in [5.41, 5.74) is 9.39. The van der Waals surface area contributed by atoms with E-state index in [-0.39, 0.29) is 0 Å². The summed E-state index contributed by atoms with van der Waals surface area (Å²) in [6, 6.07) is 0. The first-order chi connectivity index (χ1) is 6.79. The Balaban J connectivity index is 2.18. The quantitative estimate of drug-likeness (QED) is 0.424. The summed E-state index contributed by atoms with van der Waals surface area (Å²) in [5, 5.41) is 4.45. The van der Waals surface area contributed by atoms with E-state index in [4.69, 9.17) is 5.53 Å². The summed E-state index contributed by atoms with van der Waals surface area (Å²) in [5.74, 6) is 0. The topological polar surface area (TPSA) is 64.9 Å². The van der Waals surface area contributed by atoms with Crippen LogP contribution in [0.3, 0.4) is 0 Å². The van der Waals surface area contributed by atoms with E-state index in [1.54, 1.807) is 11.3 Å². The molecule has 0 saturated heterocycles. The Bertz CT molecular complexity index is 379. The molecule has 14 heavy (non-hydrogen) atoms. The van der Waals surface area contributed by atoms with E-state index < -0.39 is 0 Å². The fraction of sp³-hybridized carbons (Fsp3) is 0.625. The molecule has 5 nitrogen and oxygen atoms in total. The third-order valence-electron chi connectivity index (χ3n) is 2.24. The van der Waals surface area contributed by atoms with Gasteiger partial charge in [-0.3, -0.25) is 0 Å². The second kappa shape index (κ2) is 3.96. The van der Waals surface area contributed by atoms with E-state index in [1.807, 2.05) is 0 Å². The minimum absolute atomic E-state index is 0.387. The van der Waals surface area contributed by atoms with Gasteiger partial charge in [0.25, 0.3) is 0 Å². The maximum atomic E-state index is 8.20. The number of likely N-dealkylation sites (N-methyl/N-ethyl adjacent to an activating group) is 1. The molecule has 0 aliphatic carbocycles. The number of rotatable bonds is 2. The molecule has 0 amide bonds. The molecule has 0 saturated carbocycles. The normalized spacial score (nSPS) is 16.1. The first-order valence-electron chi connectivity index (χ1n) is 4.46. The zero-order valence-electron chi connectivity index (χ0n) is 7.97. The van der Waals surface area contributed by atoms with Crippen LogP contribution in [0.2, 0.25) is 0 Å². The molecular weight excluding hydrogens is 198 g/mol. The molecule has 0 bridgehead atoms. The van der Waals surface area contributed by atoms with E-state index in [9.17, 15) is 0 Å². The standard InChI is InChI=1S/C8H11N5S/c1-13-3-2-6-7(5-13)14-8(11-6)4-10-12-9/h2-5H2,1H3. The molecule has 1 aliphatic heterocycles. The van der Waals surface area contributed by atoms with Gasteiger partial charge in [0, 0.05) is 29.3 Å². The first-order valence-corrected chi connectivity index (χ1v) is 5.28. The van der Waals surface area contributed by atoms with E-state index in [0.717, 1.165) is 24.5 Å². The van der Waals surface area contributed by atoms with E-state index >= 15 is 0 Å². The zero-order valence-corrected chi connectivity index (χ0v) is 8.79. The lowest BCUT2D eigenvalue weighted by molar-refractivity contribution is 0.314. The average Bonchev–Trinajstić information content (AvgIpc) is 2.56. The van der Waals surface area contributed by atoms with E-state index in [0.29, 0.717) is 6.54 Å². The maximum absolute atomic E-state index is 8.20. The van der Waals surface area contributed by atoms with Crippen molar-refractivity contribution >= 4 is 11.3 Å². The van der Waals surface area contributed by atoms with Gasteiger partial charge >= 0.3 is 0 Å². The molecular formula is C8H11N5S. The van der Waals surface area contributed by atoms with Crippen molar-refractivity contribution in [3.63, 3.8) is 0 Å². The monoisotopic (exact) mass is 209 g/mol. The molecule has 6 heteroatoms. The van der Waals surface area contributed by atoms with Crippen LogP contribution in [0, 0.1) is 0 Å². The highest BCUT2D eigenvalue weighted by Gasteiger charge is 2.17. The molecule has 0 N–H and O–H groups in total. The van der Waals surface area contributed by atoms with Crippen LogP contribution in [0.25, 0.3) is 10.4 Å². The Morgan fingerprint density at radius 1 is 1.71 bits per heavy atom. The largest absolute Gasteiger partial charge is 0.301 e. The van der Waals surface area contributed by atoms with Crippen LogP contribution in [-0.4, -0.2) is 23.5 Å². The van der Waals surface area contributed by atoms with Crippen LogP contribution in [0.1, 0.15) is 15.6 Å². The Labute approximate surface area is 86.0 Å². The summed E-state index contributed by atoms with van der Waals surface area (Å²) >= 11 is 1.66. The Hall–Kier alpha value is -1.10. The third-order valence-corrected chi connectivity index (χ3v) is 3.30. The van der Waals surface area contributed by atoms with Crippen LogP contribution in [0.15, 0.2) is 5.11 Å². The van der Waals surface area contributed by atoms with Gasteiger partial charge in [-0.1, -0.05) is 5.11 Å². The van der Waals surface area contributed by atoms with Crippen molar-refractivity contribution in [1.82, 2.24) is 9.88 Å². The Morgan fingerprint density at radius 3 is 3.36 bits per heavy atom. The van der Waals surface area contributed by atoms with Gasteiger partial charge in [-0.25, -0.2) is 4.98 Å². The summed E-state index contributed by atoms with van der Waals surface area (Å²) < 4.78 is 0. The highest BCUT2D eigenvalue weighted by atomic mass is 32.1. The molecule has 0 fully saturated rings. The first kappa shape index (κ1) is 9.45. The molecule has 0 unspecified atom stereocenters. The van der Waals surface area contributed by atoms with Gasteiger partial charge in [0.15, 0.2) is 0 Å². The number of azide groups is 1. The van der Waals surface area contributed by atoms with Crippen molar-refractivity contribution in [1.29, 1.82) is 0 Å². The molecule has 1 aliphatic rings. The van der Waals surface area contributed by atoms with Crippen LogP contribution in [0.5, 0.6) is 0 Å². The third kappa shape index (κ3) is 1.87. The second-order valence-electron chi connectivity index (χ2n) is 3.35. The highest BCUT2D eigenvalue weighted by molar-refractivity contribution is 7.11. The van der Waals surface area contributed by atoms with Crippen molar-refractivity contribution in [3.8, 4) is 0 Å². The van der Waals surface area contributed by atoms with Gasteiger partial charge < -0.3 is 4.90 Å². The second-order valence-corrected chi connectivity index (χ2v) is 4.52. The van der Waals surface area contributed by atoms with Gasteiger partial charge in [0.1, 0.15) is 0 Å². The fourth-order valence-corrected chi connectivity index (χ4v) is 2.65. The smallest absolute Gasteiger partial charge is 0.0989 e. The molecule has 0 spiro atoms. The lowest BCUT2D eigenvalue weighted by Gasteiger charge is -2.20. The Morgan fingerprint density at radius 2 is 2.57 bits per heavy atom. The average molecular weight is 209 g/mol. The number of fused-ring (bicyclic) bond motifs is 1. The minimum atomic E-state index is 0.387. The molecule has 0 aromatic carbocycles. The van der Waals surface area contributed by atoms with E-state index in [1.165, 1.54) is 10.6 Å². The Kier molecular flexibility index (Phi) is 2.67. The number of hydrogen-bond donors (Lipinski definition) is 0. The number of thiazole rings is 1. The fourth-order valence-electron chi connectivity index (χ4n) is 1.54. The maximum Gasteiger partial charge on any atom is 0.0989 e. The van der Waals surface area contributed by atoms with Gasteiger partial charge in [-0.2, -0.15) is 0 Å². The molecule has 0 atom stereocenters. The van der Waals surface area contributed by atoms with Crippen LogP contribution in [0.4, 0.5) is 0 Å². The minimum Gasteiger partial charge on any atom is -0.301 e. The van der Waals surface area contributed by atoms with Crippen molar-refractivity contribution < 1.29 is 0 Å². The lowest BCUT2D eigenvalue weighted by atomic mass is 10.2. The van der Waals surface area contributed by atoms with Gasteiger partial charge in [-0.15, -0.1) is 11.3 Å². The summed E-state index contributed by atoms with van der Waals surface area (Å²) in [7, 11) is 2.11. The SMILES string of the molecule is CN1CCc2nc(CN=[N+]=[N-])sc2C1. The van der Waals surface area contributed by atoms with E-state index in [2.05, 4.69) is 27.0 Å². The van der Waals surface area contributed by atoms with Gasteiger partial charge in [-0.05, 0) is 12.6 Å². The van der Waals surface area contributed by atoms with Crippen LogP contribution < -0.4 is 0 Å². The molecule has 74 valence electrons. The number of hydrogen-bond acceptors (Lipinski definition) is 4. The van der Waals surface area contributed by atoms with Crippen molar-refractivity contribution in [3.05, 3.63) is 26.0 Å².